The Bertz CT molecular complexity index is 923. The van der Waals surface area contributed by atoms with Crippen molar-refractivity contribution in [2.45, 2.75) is 32.7 Å². The monoisotopic (exact) mass is 445 g/mol. The van der Waals surface area contributed by atoms with Gasteiger partial charge in [-0.05, 0) is 56.5 Å². The predicted molar refractivity (Wildman–Crippen MR) is 113 cm³/mol. The van der Waals surface area contributed by atoms with Gasteiger partial charge in [0.1, 0.15) is 5.15 Å². The van der Waals surface area contributed by atoms with E-state index in [1.165, 1.54) is 5.56 Å². The summed E-state index contributed by atoms with van der Waals surface area (Å²) in [5.41, 5.74) is 3.11. The van der Waals surface area contributed by atoms with Crippen molar-refractivity contribution in [3.8, 4) is 5.69 Å². The zero-order valence-corrected chi connectivity index (χ0v) is 17.6. The topological polar surface area (TPSA) is 46.9 Å². The molecular formula is C21H21BrClN3O. The van der Waals surface area contributed by atoms with Crippen LogP contribution < -0.4 is 5.32 Å². The molecule has 0 aliphatic rings. The summed E-state index contributed by atoms with van der Waals surface area (Å²) in [5, 5.41) is 7.80. The van der Waals surface area contributed by atoms with E-state index in [0.29, 0.717) is 16.4 Å². The average molecular weight is 447 g/mol. The number of rotatable bonds is 6. The second-order valence-corrected chi connectivity index (χ2v) is 7.81. The molecular weight excluding hydrogens is 426 g/mol. The number of amides is 1. The van der Waals surface area contributed by atoms with Crippen molar-refractivity contribution in [2.24, 2.45) is 0 Å². The molecule has 140 valence electrons. The lowest BCUT2D eigenvalue weighted by atomic mass is 10.1. The lowest BCUT2D eigenvalue weighted by Gasteiger charge is -2.14. The molecule has 6 heteroatoms. The van der Waals surface area contributed by atoms with Crippen LogP contribution >= 0.6 is 27.5 Å². The van der Waals surface area contributed by atoms with Crippen LogP contribution in [-0.2, 0) is 6.42 Å². The Hall–Kier alpha value is -2.11. The number of carbonyl (C=O) groups is 1. The Morgan fingerprint density at radius 3 is 2.52 bits per heavy atom. The molecule has 0 aliphatic carbocycles. The van der Waals surface area contributed by atoms with Crippen LogP contribution in [0, 0.1) is 6.92 Å². The molecule has 3 aromatic rings. The first-order chi connectivity index (χ1) is 13.0. The fourth-order valence-corrected chi connectivity index (χ4v) is 3.52. The van der Waals surface area contributed by atoms with E-state index in [-0.39, 0.29) is 11.9 Å². The van der Waals surface area contributed by atoms with E-state index in [9.17, 15) is 4.79 Å². The Balaban J connectivity index is 1.67. The molecule has 0 unspecified atom stereocenters. The highest BCUT2D eigenvalue weighted by atomic mass is 79.9. The first kappa shape index (κ1) is 19.6. The molecule has 0 aliphatic heterocycles. The molecule has 1 amide bonds. The summed E-state index contributed by atoms with van der Waals surface area (Å²) < 4.78 is 2.66. The van der Waals surface area contributed by atoms with Gasteiger partial charge in [0.25, 0.3) is 5.91 Å². The highest BCUT2D eigenvalue weighted by Crippen LogP contribution is 2.23. The van der Waals surface area contributed by atoms with E-state index in [1.807, 2.05) is 49.4 Å². The van der Waals surface area contributed by atoms with Crippen LogP contribution in [0.2, 0.25) is 5.15 Å². The molecule has 0 saturated heterocycles. The lowest BCUT2D eigenvalue weighted by Crippen LogP contribution is -2.33. The number of aryl methyl sites for hydroxylation is 2. The zero-order chi connectivity index (χ0) is 19.4. The minimum atomic E-state index is -0.192. The number of benzene rings is 2. The van der Waals surface area contributed by atoms with E-state index >= 15 is 0 Å². The summed E-state index contributed by atoms with van der Waals surface area (Å²) in [6, 6.07) is 17.8. The van der Waals surface area contributed by atoms with Gasteiger partial charge in [-0.3, -0.25) is 4.79 Å². The quantitative estimate of drug-likeness (QED) is 0.555. The van der Waals surface area contributed by atoms with Crippen LogP contribution in [0.15, 0.2) is 59.1 Å². The summed E-state index contributed by atoms with van der Waals surface area (Å²) in [7, 11) is 0. The third kappa shape index (κ3) is 4.79. The van der Waals surface area contributed by atoms with Gasteiger partial charge in [0.05, 0.1) is 16.9 Å². The van der Waals surface area contributed by atoms with Crippen LogP contribution in [0.5, 0.6) is 0 Å². The molecule has 1 N–H and O–H groups in total. The van der Waals surface area contributed by atoms with Crippen LogP contribution in [0.3, 0.4) is 0 Å². The van der Waals surface area contributed by atoms with Crippen molar-refractivity contribution in [1.82, 2.24) is 15.1 Å². The van der Waals surface area contributed by atoms with Crippen molar-refractivity contribution in [2.75, 3.05) is 0 Å². The maximum absolute atomic E-state index is 12.7. The molecule has 2 aromatic carbocycles. The van der Waals surface area contributed by atoms with Crippen molar-refractivity contribution >= 4 is 33.4 Å². The number of hydrogen-bond acceptors (Lipinski definition) is 2. The first-order valence-corrected chi connectivity index (χ1v) is 9.98. The molecule has 3 rings (SSSR count). The van der Waals surface area contributed by atoms with Gasteiger partial charge in [0.2, 0.25) is 0 Å². The van der Waals surface area contributed by atoms with Crippen molar-refractivity contribution in [1.29, 1.82) is 0 Å². The molecule has 0 bridgehead atoms. The molecule has 0 radical (unpaired) electrons. The van der Waals surface area contributed by atoms with E-state index in [1.54, 1.807) is 11.6 Å². The third-order valence-electron chi connectivity index (χ3n) is 4.39. The molecule has 27 heavy (non-hydrogen) atoms. The van der Waals surface area contributed by atoms with Crippen LogP contribution in [0.4, 0.5) is 0 Å². The van der Waals surface area contributed by atoms with E-state index in [0.717, 1.165) is 23.0 Å². The largest absolute Gasteiger partial charge is 0.349 e. The molecule has 1 heterocycles. The second kappa shape index (κ2) is 8.72. The Morgan fingerprint density at radius 1 is 1.19 bits per heavy atom. The SMILES string of the molecule is Cc1nn(-c2ccccc2)c(Cl)c1C(=O)N[C@@H](C)CCc1ccc(Br)cc1. The normalized spacial score (nSPS) is 12.0. The summed E-state index contributed by atoms with van der Waals surface area (Å²) in [6.45, 7) is 3.80. The highest BCUT2D eigenvalue weighted by Gasteiger charge is 2.22. The van der Waals surface area contributed by atoms with Crippen molar-refractivity contribution in [3.05, 3.63) is 81.0 Å². The van der Waals surface area contributed by atoms with E-state index in [4.69, 9.17) is 11.6 Å². The number of para-hydroxylation sites is 1. The Labute approximate surface area is 172 Å². The smallest absolute Gasteiger partial charge is 0.256 e. The number of halogens is 2. The number of aromatic nitrogens is 2. The molecule has 1 atom stereocenters. The summed E-state index contributed by atoms with van der Waals surface area (Å²) in [6.07, 6.45) is 1.74. The predicted octanol–water partition coefficient (Wildman–Crippen LogP) is 5.35. The van der Waals surface area contributed by atoms with Crippen LogP contribution in [0.1, 0.15) is 35.0 Å². The van der Waals surface area contributed by atoms with Gasteiger partial charge in [0.15, 0.2) is 0 Å². The molecule has 1 aromatic heterocycles. The van der Waals surface area contributed by atoms with Gasteiger partial charge in [-0.2, -0.15) is 5.10 Å². The molecule has 4 nitrogen and oxygen atoms in total. The Kier molecular flexibility index (Phi) is 6.34. The third-order valence-corrected chi connectivity index (χ3v) is 5.27. The van der Waals surface area contributed by atoms with Crippen LogP contribution in [0.25, 0.3) is 5.69 Å². The maximum Gasteiger partial charge on any atom is 0.256 e. The number of carbonyl (C=O) groups excluding carboxylic acids is 1. The fraction of sp³-hybridized carbons (Fsp3) is 0.238. The van der Waals surface area contributed by atoms with Crippen molar-refractivity contribution in [3.63, 3.8) is 0 Å². The molecule has 0 spiro atoms. The van der Waals surface area contributed by atoms with Gasteiger partial charge in [-0.15, -0.1) is 0 Å². The lowest BCUT2D eigenvalue weighted by molar-refractivity contribution is 0.0938. The van der Waals surface area contributed by atoms with E-state index < -0.39 is 0 Å². The highest BCUT2D eigenvalue weighted by molar-refractivity contribution is 9.10. The van der Waals surface area contributed by atoms with Crippen LogP contribution in [-0.4, -0.2) is 21.7 Å². The number of nitrogens with one attached hydrogen (secondary N) is 1. The van der Waals surface area contributed by atoms with Gasteiger partial charge < -0.3 is 5.32 Å². The minimum absolute atomic E-state index is 0.0247. The van der Waals surface area contributed by atoms with Gasteiger partial charge in [-0.1, -0.05) is 57.9 Å². The second-order valence-electron chi connectivity index (χ2n) is 6.54. The molecule has 0 saturated carbocycles. The molecule has 0 fully saturated rings. The average Bonchev–Trinajstić information content (AvgIpc) is 2.96. The number of nitrogens with zero attached hydrogens (tertiary/aromatic N) is 2. The minimum Gasteiger partial charge on any atom is -0.349 e. The zero-order valence-electron chi connectivity index (χ0n) is 15.2. The van der Waals surface area contributed by atoms with Gasteiger partial charge >= 0.3 is 0 Å². The standard InChI is InChI=1S/C21H21BrClN3O/c1-14(8-9-16-10-12-17(22)13-11-16)24-21(27)19-15(2)25-26(20(19)23)18-6-4-3-5-7-18/h3-7,10-14H,8-9H2,1-2H3,(H,24,27)/t14-/m0/s1. The number of hydrogen-bond donors (Lipinski definition) is 1. The maximum atomic E-state index is 12.7. The van der Waals surface area contributed by atoms with Gasteiger partial charge in [-0.25, -0.2) is 4.68 Å². The fourth-order valence-electron chi connectivity index (χ4n) is 2.90. The van der Waals surface area contributed by atoms with Crippen molar-refractivity contribution < 1.29 is 4.79 Å². The summed E-state index contributed by atoms with van der Waals surface area (Å²) in [5.74, 6) is -0.192. The van der Waals surface area contributed by atoms with E-state index in [2.05, 4.69) is 38.5 Å². The first-order valence-electron chi connectivity index (χ1n) is 8.81. The summed E-state index contributed by atoms with van der Waals surface area (Å²) >= 11 is 9.90. The van der Waals surface area contributed by atoms with Gasteiger partial charge in [0, 0.05) is 10.5 Å². The Morgan fingerprint density at radius 2 is 1.85 bits per heavy atom. The summed E-state index contributed by atoms with van der Waals surface area (Å²) in [4.78, 5) is 12.7.